The summed E-state index contributed by atoms with van der Waals surface area (Å²) < 4.78 is 5.32. The highest BCUT2D eigenvalue weighted by Gasteiger charge is 2.11. The Morgan fingerprint density at radius 1 is 1.19 bits per heavy atom. The smallest absolute Gasteiger partial charge is 0.410 e. The van der Waals surface area contributed by atoms with Crippen LogP contribution in [-0.4, -0.2) is 12.6 Å². The van der Waals surface area contributed by atoms with Crippen molar-refractivity contribution in [2.24, 2.45) is 0 Å². The van der Waals surface area contributed by atoms with Crippen LogP contribution in [0.2, 0.25) is 0 Å². The minimum atomic E-state index is -0.484. The molecule has 1 atom stereocenters. The van der Waals surface area contributed by atoms with E-state index in [-0.39, 0.29) is 0 Å². The molecule has 108 valence electrons. The molecule has 1 unspecified atom stereocenters. The number of rotatable bonds is 2. The number of hydrogen-bond donors (Lipinski definition) is 2. The second kappa shape index (κ2) is 6.15. The minimum absolute atomic E-state index is 0.484. The van der Waals surface area contributed by atoms with Crippen LogP contribution in [0.1, 0.15) is 12.0 Å². The average Bonchev–Trinajstić information content (AvgIpc) is 2.49. The van der Waals surface area contributed by atoms with Crippen LogP contribution < -0.4 is 20.7 Å². The van der Waals surface area contributed by atoms with Crippen molar-refractivity contribution in [2.45, 2.75) is 12.8 Å². The van der Waals surface area contributed by atoms with Gasteiger partial charge in [0.1, 0.15) is 5.75 Å². The third-order valence-corrected chi connectivity index (χ3v) is 3.77. The molecule has 0 aliphatic carbocycles. The number of amides is 1. The molecule has 0 saturated heterocycles. The summed E-state index contributed by atoms with van der Waals surface area (Å²) in [6, 6.07) is 13.2. The van der Waals surface area contributed by atoms with Crippen LogP contribution >= 0.6 is 9.24 Å². The molecule has 1 amide bonds. The lowest BCUT2D eigenvalue weighted by Crippen LogP contribution is -2.17. The Hall–Kier alpha value is -2.06. The van der Waals surface area contributed by atoms with Gasteiger partial charge in [-0.05, 0) is 41.9 Å². The number of nitrogens with one attached hydrogen (secondary N) is 2. The number of hydrogen-bond acceptors (Lipinski definition) is 3. The van der Waals surface area contributed by atoms with Gasteiger partial charge in [0.15, 0.2) is 0 Å². The third kappa shape index (κ3) is 3.53. The van der Waals surface area contributed by atoms with Gasteiger partial charge >= 0.3 is 6.09 Å². The molecule has 0 spiro atoms. The quantitative estimate of drug-likeness (QED) is 0.838. The molecule has 1 aliphatic rings. The number of ether oxygens (including phenoxy) is 1. The van der Waals surface area contributed by atoms with E-state index in [4.69, 9.17) is 4.74 Å². The fourth-order valence-corrected chi connectivity index (χ4v) is 2.51. The molecule has 4 nitrogen and oxygen atoms in total. The van der Waals surface area contributed by atoms with E-state index in [1.807, 2.05) is 42.5 Å². The SMILES string of the molecule is O=C(Nc1ccc(P)cc1)Oc1ccc2c(c1)NCCC2. The van der Waals surface area contributed by atoms with Gasteiger partial charge < -0.3 is 10.1 Å². The molecule has 0 aromatic heterocycles. The van der Waals surface area contributed by atoms with Crippen LogP contribution in [0.3, 0.4) is 0 Å². The molecule has 0 saturated carbocycles. The molecule has 21 heavy (non-hydrogen) atoms. The molecule has 0 fully saturated rings. The highest BCUT2D eigenvalue weighted by atomic mass is 31.0. The summed E-state index contributed by atoms with van der Waals surface area (Å²) in [6.07, 6.45) is 1.72. The first-order valence-electron chi connectivity index (χ1n) is 6.92. The number of benzene rings is 2. The lowest BCUT2D eigenvalue weighted by Gasteiger charge is -2.18. The second-order valence-corrected chi connectivity index (χ2v) is 5.65. The van der Waals surface area contributed by atoms with Crippen molar-refractivity contribution in [1.82, 2.24) is 0 Å². The van der Waals surface area contributed by atoms with E-state index in [2.05, 4.69) is 19.9 Å². The van der Waals surface area contributed by atoms with E-state index < -0.39 is 6.09 Å². The van der Waals surface area contributed by atoms with Crippen LogP contribution in [0.5, 0.6) is 5.75 Å². The van der Waals surface area contributed by atoms with E-state index in [1.54, 1.807) is 0 Å². The third-order valence-electron chi connectivity index (χ3n) is 3.39. The zero-order valence-electron chi connectivity index (χ0n) is 11.6. The first-order chi connectivity index (χ1) is 10.2. The summed E-state index contributed by atoms with van der Waals surface area (Å²) in [5.74, 6) is 0.545. The van der Waals surface area contributed by atoms with E-state index >= 15 is 0 Å². The van der Waals surface area contributed by atoms with Gasteiger partial charge in [0, 0.05) is 24.0 Å². The van der Waals surface area contributed by atoms with Gasteiger partial charge in [-0.2, -0.15) is 0 Å². The normalized spacial score (nSPS) is 13.0. The van der Waals surface area contributed by atoms with Crippen LogP contribution in [0.15, 0.2) is 42.5 Å². The van der Waals surface area contributed by atoms with Crippen LogP contribution in [0.25, 0.3) is 0 Å². The highest BCUT2D eigenvalue weighted by Crippen LogP contribution is 2.26. The first-order valence-corrected chi connectivity index (χ1v) is 7.49. The largest absolute Gasteiger partial charge is 0.417 e. The number of carbonyl (C=O) groups is 1. The lowest BCUT2D eigenvalue weighted by molar-refractivity contribution is 0.215. The summed E-state index contributed by atoms with van der Waals surface area (Å²) in [7, 11) is 2.60. The molecule has 1 heterocycles. The van der Waals surface area contributed by atoms with Crippen molar-refractivity contribution >= 4 is 32.0 Å². The Labute approximate surface area is 126 Å². The van der Waals surface area contributed by atoms with Crippen molar-refractivity contribution in [3.63, 3.8) is 0 Å². The molecule has 5 heteroatoms. The summed E-state index contributed by atoms with van der Waals surface area (Å²) in [5, 5.41) is 7.09. The molecule has 1 aliphatic heterocycles. The lowest BCUT2D eigenvalue weighted by atomic mass is 10.0. The number of aryl methyl sites for hydroxylation is 1. The summed E-state index contributed by atoms with van der Waals surface area (Å²) in [4.78, 5) is 11.9. The zero-order chi connectivity index (χ0) is 14.7. The maximum Gasteiger partial charge on any atom is 0.417 e. The second-order valence-electron chi connectivity index (χ2n) is 4.99. The van der Waals surface area contributed by atoms with Crippen molar-refractivity contribution in [1.29, 1.82) is 0 Å². The molecule has 2 aromatic rings. The van der Waals surface area contributed by atoms with Gasteiger partial charge in [-0.25, -0.2) is 4.79 Å². The number of carbonyl (C=O) groups excluding carboxylic acids is 1. The van der Waals surface area contributed by atoms with Crippen molar-refractivity contribution in [3.8, 4) is 5.75 Å². The average molecular weight is 300 g/mol. The topological polar surface area (TPSA) is 50.4 Å². The Kier molecular flexibility index (Phi) is 4.07. The van der Waals surface area contributed by atoms with E-state index in [0.717, 1.165) is 30.4 Å². The number of anilines is 2. The Balaban J connectivity index is 1.65. The molecule has 0 radical (unpaired) electrons. The molecule has 2 N–H and O–H groups in total. The summed E-state index contributed by atoms with van der Waals surface area (Å²) >= 11 is 0. The van der Waals surface area contributed by atoms with E-state index in [0.29, 0.717) is 11.4 Å². The predicted molar refractivity (Wildman–Crippen MR) is 88.7 cm³/mol. The molecular weight excluding hydrogens is 283 g/mol. The standard InChI is InChI=1S/C16H17N2O2P/c19-16(18-12-4-7-14(21)8-5-12)20-13-6-3-11-2-1-9-17-15(11)10-13/h3-8,10,17H,1-2,9,21H2,(H,18,19). The molecule has 0 bridgehead atoms. The van der Waals surface area contributed by atoms with Crippen LogP contribution in [-0.2, 0) is 6.42 Å². The van der Waals surface area contributed by atoms with Crippen LogP contribution in [0, 0.1) is 0 Å². The van der Waals surface area contributed by atoms with Gasteiger partial charge in [0.25, 0.3) is 0 Å². The monoisotopic (exact) mass is 300 g/mol. The van der Waals surface area contributed by atoms with Gasteiger partial charge in [-0.3, -0.25) is 5.32 Å². The van der Waals surface area contributed by atoms with Gasteiger partial charge in [-0.1, -0.05) is 18.2 Å². The van der Waals surface area contributed by atoms with Crippen molar-refractivity contribution in [3.05, 3.63) is 48.0 Å². The summed E-state index contributed by atoms with van der Waals surface area (Å²) in [5.41, 5.74) is 3.03. The van der Waals surface area contributed by atoms with Crippen molar-refractivity contribution < 1.29 is 9.53 Å². The zero-order valence-corrected chi connectivity index (χ0v) is 12.7. The van der Waals surface area contributed by atoms with Gasteiger partial charge in [0.05, 0.1) is 0 Å². The Bertz CT molecular complexity index is 656. The van der Waals surface area contributed by atoms with E-state index in [1.165, 1.54) is 5.56 Å². The van der Waals surface area contributed by atoms with Gasteiger partial charge in [0.2, 0.25) is 0 Å². The highest BCUT2D eigenvalue weighted by molar-refractivity contribution is 7.27. The minimum Gasteiger partial charge on any atom is -0.410 e. The predicted octanol–water partition coefficient (Wildman–Crippen LogP) is 3.16. The molecule has 3 rings (SSSR count). The van der Waals surface area contributed by atoms with Crippen molar-refractivity contribution in [2.75, 3.05) is 17.2 Å². The first kappa shape index (κ1) is 13.9. The maximum atomic E-state index is 11.9. The maximum absolute atomic E-state index is 11.9. The van der Waals surface area contributed by atoms with Gasteiger partial charge in [-0.15, -0.1) is 9.24 Å². The summed E-state index contributed by atoms with van der Waals surface area (Å²) in [6.45, 7) is 0.962. The Morgan fingerprint density at radius 2 is 2.00 bits per heavy atom. The molecular formula is C16H17N2O2P. The van der Waals surface area contributed by atoms with Crippen LogP contribution in [0.4, 0.5) is 16.2 Å². The molecule has 2 aromatic carbocycles. The van der Waals surface area contributed by atoms with E-state index in [9.17, 15) is 4.79 Å². The fraction of sp³-hybridized carbons (Fsp3) is 0.188. The number of fused-ring (bicyclic) bond motifs is 1. The fourth-order valence-electron chi connectivity index (χ4n) is 2.32. The Morgan fingerprint density at radius 3 is 2.81 bits per heavy atom.